The third-order valence-electron chi connectivity index (χ3n) is 1.92. The molecule has 0 heterocycles. The molecular formula is C7H11F3N2O. The van der Waals surface area contributed by atoms with Crippen molar-refractivity contribution in [2.24, 2.45) is 11.7 Å². The molecule has 1 fully saturated rings. The van der Waals surface area contributed by atoms with Crippen LogP contribution >= 0.6 is 0 Å². The van der Waals surface area contributed by atoms with E-state index in [9.17, 15) is 18.0 Å². The third-order valence-corrected chi connectivity index (χ3v) is 1.92. The SMILES string of the molecule is NC(=O)C(NCC(F)(F)F)C1CC1. The van der Waals surface area contributed by atoms with Crippen LogP contribution in [0.2, 0.25) is 0 Å². The van der Waals surface area contributed by atoms with Gasteiger partial charge in [0.1, 0.15) is 0 Å². The lowest BCUT2D eigenvalue weighted by Gasteiger charge is -2.15. The summed E-state index contributed by atoms with van der Waals surface area (Å²) in [5, 5.41) is 2.12. The van der Waals surface area contributed by atoms with Crippen LogP contribution in [0.25, 0.3) is 0 Å². The van der Waals surface area contributed by atoms with Gasteiger partial charge in [0.25, 0.3) is 0 Å². The zero-order valence-corrected chi connectivity index (χ0v) is 6.90. The first-order valence-corrected chi connectivity index (χ1v) is 3.99. The Labute approximate surface area is 73.5 Å². The van der Waals surface area contributed by atoms with Crippen molar-refractivity contribution in [1.82, 2.24) is 5.32 Å². The van der Waals surface area contributed by atoms with E-state index in [1.807, 2.05) is 0 Å². The smallest absolute Gasteiger partial charge is 0.368 e. The van der Waals surface area contributed by atoms with Gasteiger partial charge < -0.3 is 5.73 Å². The Kier molecular flexibility index (Phi) is 2.80. The predicted molar refractivity (Wildman–Crippen MR) is 39.8 cm³/mol. The summed E-state index contributed by atoms with van der Waals surface area (Å²) in [6.07, 6.45) is -2.74. The monoisotopic (exact) mass is 196 g/mol. The first-order chi connectivity index (χ1) is 5.90. The number of primary amides is 1. The van der Waals surface area contributed by atoms with Gasteiger partial charge in [-0.1, -0.05) is 0 Å². The van der Waals surface area contributed by atoms with E-state index in [-0.39, 0.29) is 5.92 Å². The molecule has 1 aliphatic rings. The Bertz CT molecular complexity index is 200. The third kappa shape index (κ3) is 3.63. The molecule has 6 heteroatoms. The van der Waals surface area contributed by atoms with Crippen LogP contribution in [0.4, 0.5) is 13.2 Å². The second-order valence-corrected chi connectivity index (χ2v) is 3.21. The van der Waals surface area contributed by atoms with Gasteiger partial charge in [-0.2, -0.15) is 13.2 Å². The van der Waals surface area contributed by atoms with Crippen molar-refractivity contribution in [3.05, 3.63) is 0 Å². The average molecular weight is 196 g/mol. The molecule has 1 saturated carbocycles. The number of rotatable bonds is 4. The fraction of sp³-hybridized carbons (Fsp3) is 0.857. The molecule has 0 aromatic carbocycles. The maximum Gasteiger partial charge on any atom is 0.401 e. The minimum Gasteiger partial charge on any atom is -0.368 e. The summed E-state index contributed by atoms with van der Waals surface area (Å²) in [6, 6.07) is -0.818. The summed E-state index contributed by atoms with van der Waals surface area (Å²) in [5.41, 5.74) is 4.94. The fourth-order valence-corrected chi connectivity index (χ4v) is 1.15. The lowest BCUT2D eigenvalue weighted by molar-refractivity contribution is -0.131. The van der Waals surface area contributed by atoms with Crippen LogP contribution in [0.3, 0.4) is 0 Å². The van der Waals surface area contributed by atoms with E-state index in [2.05, 4.69) is 5.32 Å². The summed E-state index contributed by atoms with van der Waals surface area (Å²) in [4.78, 5) is 10.7. The van der Waals surface area contributed by atoms with Gasteiger partial charge in [0.15, 0.2) is 0 Å². The number of alkyl halides is 3. The summed E-state index contributed by atoms with van der Waals surface area (Å²) >= 11 is 0. The van der Waals surface area contributed by atoms with Crippen LogP contribution in [-0.2, 0) is 4.79 Å². The van der Waals surface area contributed by atoms with Crippen molar-refractivity contribution in [1.29, 1.82) is 0 Å². The summed E-state index contributed by atoms with van der Waals surface area (Å²) in [5.74, 6) is -0.702. The molecule has 0 aromatic rings. The first-order valence-electron chi connectivity index (χ1n) is 3.99. The molecule has 0 saturated heterocycles. The molecule has 1 unspecified atom stereocenters. The number of carbonyl (C=O) groups is 1. The van der Waals surface area contributed by atoms with Crippen molar-refractivity contribution in [3.8, 4) is 0 Å². The van der Waals surface area contributed by atoms with Crippen LogP contribution in [-0.4, -0.2) is 24.7 Å². The van der Waals surface area contributed by atoms with Crippen LogP contribution < -0.4 is 11.1 Å². The van der Waals surface area contributed by atoms with Gasteiger partial charge in [-0.15, -0.1) is 0 Å². The molecule has 1 aliphatic carbocycles. The highest BCUT2D eigenvalue weighted by Gasteiger charge is 2.37. The Morgan fingerprint density at radius 1 is 1.54 bits per heavy atom. The molecule has 3 N–H and O–H groups in total. The Hall–Kier alpha value is -0.780. The molecule has 0 spiro atoms. The fourth-order valence-electron chi connectivity index (χ4n) is 1.15. The molecule has 3 nitrogen and oxygen atoms in total. The van der Waals surface area contributed by atoms with Crippen molar-refractivity contribution >= 4 is 5.91 Å². The maximum atomic E-state index is 11.7. The minimum atomic E-state index is -4.29. The number of halogens is 3. The molecule has 1 amide bonds. The standard InChI is InChI=1S/C7H11F3N2O/c8-7(9,10)3-12-5(6(11)13)4-1-2-4/h4-5,12H,1-3H2,(H2,11,13). The first kappa shape index (κ1) is 10.3. The number of hydrogen-bond donors (Lipinski definition) is 2. The zero-order valence-electron chi connectivity index (χ0n) is 6.90. The quantitative estimate of drug-likeness (QED) is 0.683. The Balaban J connectivity index is 2.35. The van der Waals surface area contributed by atoms with Gasteiger partial charge in [0, 0.05) is 0 Å². The number of carbonyl (C=O) groups excluding carboxylic acids is 1. The molecule has 1 rings (SSSR count). The number of nitrogens with two attached hydrogens (primary N) is 1. The second-order valence-electron chi connectivity index (χ2n) is 3.21. The molecule has 0 bridgehead atoms. The summed E-state index contributed by atoms with van der Waals surface area (Å²) < 4.78 is 35.2. The van der Waals surface area contributed by atoms with Crippen molar-refractivity contribution in [2.45, 2.75) is 25.1 Å². The van der Waals surface area contributed by atoms with E-state index in [1.54, 1.807) is 0 Å². The lowest BCUT2D eigenvalue weighted by atomic mass is 10.2. The van der Waals surface area contributed by atoms with E-state index < -0.39 is 24.7 Å². The van der Waals surface area contributed by atoms with Gasteiger partial charge in [-0.25, -0.2) is 0 Å². The van der Waals surface area contributed by atoms with Crippen LogP contribution in [0.15, 0.2) is 0 Å². The van der Waals surface area contributed by atoms with E-state index >= 15 is 0 Å². The number of hydrogen-bond acceptors (Lipinski definition) is 2. The number of nitrogens with one attached hydrogen (secondary N) is 1. The molecule has 0 aliphatic heterocycles. The average Bonchev–Trinajstić information content (AvgIpc) is 2.67. The van der Waals surface area contributed by atoms with Crippen LogP contribution in [0.5, 0.6) is 0 Å². The van der Waals surface area contributed by atoms with Crippen molar-refractivity contribution in [3.63, 3.8) is 0 Å². The van der Waals surface area contributed by atoms with Gasteiger partial charge >= 0.3 is 6.18 Å². The highest BCUT2D eigenvalue weighted by atomic mass is 19.4. The predicted octanol–water partition coefficient (Wildman–Crippen LogP) is 0.402. The molecule has 13 heavy (non-hydrogen) atoms. The van der Waals surface area contributed by atoms with Crippen molar-refractivity contribution in [2.75, 3.05) is 6.54 Å². The van der Waals surface area contributed by atoms with E-state index in [1.165, 1.54) is 0 Å². The molecule has 1 atom stereocenters. The van der Waals surface area contributed by atoms with Crippen LogP contribution in [0, 0.1) is 5.92 Å². The summed E-state index contributed by atoms with van der Waals surface area (Å²) in [6.45, 7) is -1.16. The van der Waals surface area contributed by atoms with Crippen molar-refractivity contribution < 1.29 is 18.0 Å². The molecular weight excluding hydrogens is 185 g/mol. The summed E-state index contributed by atoms with van der Waals surface area (Å²) in [7, 11) is 0. The second kappa shape index (κ2) is 3.53. The molecule has 0 aromatic heterocycles. The minimum absolute atomic E-state index is 0.000139. The molecule has 0 radical (unpaired) electrons. The van der Waals surface area contributed by atoms with E-state index in [0.29, 0.717) is 0 Å². The van der Waals surface area contributed by atoms with Crippen LogP contribution in [0.1, 0.15) is 12.8 Å². The molecule has 76 valence electrons. The topological polar surface area (TPSA) is 55.1 Å². The Morgan fingerprint density at radius 3 is 2.38 bits per heavy atom. The highest BCUT2D eigenvalue weighted by molar-refractivity contribution is 5.80. The van der Waals surface area contributed by atoms with E-state index in [4.69, 9.17) is 5.73 Å². The largest absolute Gasteiger partial charge is 0.401 e. The van der Waals surface area contributed by atoms with Gasteiger partial charge in [0.2, 0.25) is 5.91 Å². The zero-order chi connectivity index (χ0) is 10.1. The highest BCUT2D eigenvalue weighted by Crippen LogP contribution is 2.32. The number of amides is 1. The normalized spacial score (nSPS) is 19.9. The van der Waals surface area contributed by atoms with Gasteiger partial charge in [0.05, 0.1) is 12.6 Å². The van der Waals surface area contributed by atoms with E-state index in [0.717, 1.165) is 12.8 Å². The van der Waals surface area contributed by atoms with Gasteiger partial charge in [-0.05, 0) is 18.8 Å². The van der Waals surface area contributed by atoms with Gasteiger partial charge in [-0.3, -0.25) is 10.1 Å². The Morgan fingerprint density at radius 2 is 2.08 bits per heavy atom. The lowest BCUT2D eigenvalue weighted by Crippen LogP contribution is -2.46. The maximum absolute atomic E-state index is 11.7.